The van der Waals surface area contributed by atoms with Crippen molar-refractivity contribution >= 4 is 40.3 Å². The predicted octanol–water partition coefficient (Wildman–Crippen LogP) is 2.64. The highest BCUT2D eigenvalue weighted by Crippen LogP contribution is 2.27. The third-order valence-corrected chi connectivity index (χ3v) is 5.60. The Balaban J connectivity index is 1.91. The zero-order chi connectivity index (χ0) is 23.6. The average Bonchev–Trinajstić information content (AvgIpc) is 3.08. The SMILES string of the molecule is CC(C)CCNc1nc2c(c(=O)n(C)c(=O)n2C)n1CC(O)COc1ccc(Cl)cc1Cl. The van der Waals surface area contributed by atoms with Crippen molar-refractivity contribution in [3.8, 4) is 5.75 Å². The molecule has 0 aliphatic carbocycles. The second kappa shape index (κ2) is 9.97. The van der Waals surface area contributed by atoms with Gasteiger partial charge < -0.3 is 19.7 Å². The number of aliphatic hydroxyl groups excluding tert-OH is 1. The molecule has 2 aromatic heterocycles. The van der Waals surface area contributed by atoms with Crippen molar-refractivity contribution in [2.75, 3.05) is 18.5 Å². The molecule has 1 unspecified atom stereocenters. The number of imidazole rings is 1. The number of benzene rings is 1. The van der Waals surface area contributed by atoms with Crippen molar-refractivity contribution in [1.82, 2.24) is 18.7 Å². The van der Waals surface area contributed by atoms with Crippen molar-refractivity contribution < 1.29 is 9.84 Å². The van der Waals surface area contributed by atoms with Crippen LogP contribution in [0.5, 0.6) is 5.75 Å². The van der Waals surface area contributed by atoms with E-state index < -0.39 is 17.4 Å². The maximum Gasteiger partial charge on any atom is 0.332 e. The van der Waals surface area contributed by atoms with Gasteiger partial charge in [0.2, 0.25) is 5.95 Å². The summed E-state index contributed by atoms with van der Waals surface area (Å²) in [5.74, 6) is 1.27. The molecule has 174 valence electrons. The van der Waals surface area contributed by atoms with Gasteiger partial charge in [-0.25, -0.2) is 4.79 Å². The minimum Gasteiger partial charge on any atom is -0.489 e. The molecule has 2 N–H and O–H groups in total. The van der Waals surface area contributed by atoms with Gasteiger partial charge in [0.25, 0.3) is 5.56 Å². The normalized spacial score (nSPS) is 12.5. The van der Waals surface area contributed by atoms with E-state index >= 15 is 0 Å². The number of fused-ring (bicyclic) bond motifs is 1. The summed E-state index contributed by atoms with van der Waals surface area (Å²) in [5.41, 5.74) is -0.479. The highest BCUT2D eigenvalue weighted by Gasteiger charge is 2.21. The Morgan fingerprint density at radius 1 is 1.19 bits per heavy atom. The van der Waals surface area contributed by atoms with Gasteiger partial charge in [-0.1, -0.05) is 37.0 Å². The summed E-state index contributed by atoms with van der Waals surface area (Å²) in [7, 11) is 2.97. The van der Waals surface area contributed by atoms with Crippen LogP contribution in [0.3, 0.4) is 0 Å². The lowest BCUT2D eigenvalue weighted by Gasteiger charge is -2.17. The Morgan fingerprint density at radius 3 is 2.56 bits per heavy atom. The molecular weight excluding hydrogens is 457 g/mol. The van der Waals surface area contributed by atoms with Gasteiger partial charge in [0, 0.05) is 25.7 Å². The molecule has 0 aliphatic heterocycles. The van der Waals surface area contributed by atoms with Crippen LogP contribution in [0.25, 0.3) is 11.2 Å². The van der Waals surface area contributed by atoms with Crippen LogP contribution in [-0.2, 0) is 20.6 Å². The molecule has 32 heavy (non-hydrogen) atoms. The summed E-state index contributed by atoms with van der Waals surface area (Å²) < 4.78 is 9.56. The van der Waals surface area contributed by atoms with Gasteiger partial charge in [-0.2, -0.15) is 4.98 Å². The van der Waals surface area contributed by atoms with Gasteiger partial charge in [0.15, 0.2) is 11.2 Å². The summed E-state index contributed by atoms with van der Waals surface area (Å²) in [6.45, 7) is 4.79. The van der Waals surface area contributed by atoms with Crippen LogP contribution in [0.2, 0.25) is 10.0 Å². The topological polar surface area (TPSA) is 103 Å². The molecule has 3 aromatic rings. The largest absolute Gasteiger partial charge is 0.489 e. The molecule has 9 nitrogen and oxygen atoms in total. The predicted molar refractivity (Wildman–Crippen MR) is 126 cm³/mol. The molecule has 11 heteroatoms. The number of halogens is 2. The first-order valence-electron chi connectivity index (χ1n) is 10.3. The number of rotatable bonds is 9. The standard InChI is InChI=1S/C21H27Cl2N5O4/c1-12(2)7-8-24-20-25-18-17(19(30)27(4)21(31)26(18)3)28(20)10-14(29)11-32-16-6-5-13(22)9-15(16)23/h5-6,9,12,14,29H,7-8,10-11H2,1-4H3,(H,24,25). The number of nitrogens with zero attached hydrogens (tertiary/aromatic N) is 4. The lowest BCUT2D eigenvalue weighted by Crippen LogP contribution is -2.38. The van der Waals surface area contributed by atoms with Crippen molar-refractivity contribution in [3.63, 3.8) is 0 Å². The quantitative estimate of drug-likeness (QED) is 0.484. The fourth-order valence-corrected chi connectivity index (χ4v) is 3.74. The number of hydrogen-bond acceptors (Lipinski definition) is 6. The van der Waals surface area contributed by atoms with E-state index in [1.165, 1.54) is 11.6 Å². The van der Waals surface area contributed by atoms with Gasteiger partial charge >= 0.3 is 5.69 Å². The van der Waals surface area contributed by atoms with Crippen molar-refractivity contribution in [1.29, 1.82) is 0 Å². The first-order valence-corrected chi connectivity index (χ1v) is 11.0. The Kier molecular flexibility index (Phi) is 7.53. The maximum atomic E-state index is 12.9. The van der Waals surface area contributed by atoms with E-state index in [0.717, 1.165) is 11.0 Å². The van der Waals surface area contributed by atoms with E-state index in [9.17, 15) is 14.7 Å². The summed E-state index contributed by atoms with van der Waals surface area (Å²) in [6.07, 6.45) is -0.0901. The van der Waals surface area contributed by atoms with Crippen LogP contribution in [0, 0.1) is 5.92 Å². The lowest BCUT2D eigenvalue weighted by molar-refractivity contribution is 0.0938. The first kappa shape index (κ1) is 24.2. The fraction of sp³-hybridized carbons (Fsp3) is 0.476. The van der Waals surface area contributed by atoms with Gasteiger partial charge in [-0.05, 0) is 30.5 Å². The Bertz CT molecular complexity index is 1230. The number of aliphatic hydroxyl groups is 1. The summed E-state index contributed by atoms with van der Waals surface area (Å²) in [4.78, 5) is 29.7. The molecule has 1 atom stereocenters. The fourth-order valence-electron chi connectivity index (χ4n) is 3.27. The minimum atomic E-state index is -0.980. The van der Waals surface area contributed by atoms with Gasteiger partial charge in [0.1, 0.15) is 18.5 Å². The van der Waals surface area contributed by atoms with Crippen molar-refractivity contribution in [2.45, 2.75) is 32.9 Å². The third kappa shape index (κ3) is 5.11. The number of hydrogen-bond donors (Lipinski definition) is 2. The van der Waals surface area contributed by atoms with Crippen molar-refractivity contribution in [2.24, 2.45) is 20.0 Å². The van der Waals surface area contributed by atoms with E-state index in [0.29, 0.717) is 34.2 Å². The molecule has 0 bridgehead atoms. The zero-order valence-electron chi connectivity index (χ0n) is 18.4. The van der Waals surface area contributed by atoms with Crippen LogP contribution in [-0.4, -0.2) is 43.0 Å². The second-order valence-corrected chi connectivity index (χ2v) is 8.92. The van der Waals surface area contributed by atoms with Crippen LogP contribution < -0.4 is 21.3 Å². The smallest absolute Gasteiger partial charge is 0.332 e. The first-order chi connectivity index (χ1) is 15.1. The van der Waals surface area contributed by atoms with Gasteiger partial charge in [0.05, 0.1) is 11.6 Å². The number of ether oxygens (including phenoxy) is 1. The Labute approximate surface area is 195 Å². The number of anilines is 1. The van der Waals surface area contributed by atoms with E-state index in [1.807, 2.05) is 0 Å². The highest BCUT2D eigenvalue weighted by molar-refractivity contribution is 6.35. The maximum absolute atomic E-state index is 12.9. The molecule has 0 spiro atoms. The van der Waals surface area contributed by atoms with Crippen LogP contribution in [0.1, 0.15) is 20.3 Å². The summed E-state index contributed by atoms with van der Waals surface area (Å²) in [5, 5.41) is 14.7. The number of aryl methyl sites for hydroxylation is 1. The van der Waals surface area contributed by atoms with Gasteiger partial charge in [-0.3, -0.25) is 13.9 Å². The molecule has 0 amide bonds. The molecule has 1 aromatic carbocycles. The van der Waals surface area contributed by atoms with Crippen molar-refractivity contribution in [3.05, 3.63) is 49.1 Å². The number of nitrogens with one attached hydrogen (secondary N) is 1. The molecular formula is C21H27Cl2N5O4. The van der Waals surface area contributed by atoms with E-state index in [1.54, 1.807) is 29.8 Å². The van der Waals surface area contributed by atoms with E-state index in [2.05, 4.69) is 24.1 Å². The zero-order valence-corrected chi connectivity index (χ0v) is 19.9. The third-order valence-electron chi connectivity index (χ3n) is 5.07. The summed E-state index contributed by atoms with van der Waals surface area (Å²) in [6, 6.07) is 4.81. The lowest BCUT2D eigenvalue weighted by atomic mass is 10.1. The number of aromatic nitrogens is 4. The Morgan fingerprint density at radius 2 is 1.91 bits per heavy atom. The van der Waals surface area contributed by atoms with Crippen LogP contribution in [0.4, 0.5) is 5.95 Å². The van der Waals surface area contributed by atoms with Gasteiger partial charge in [-0.15, -0.1) is 0 Å². The summed E-state index contributed by atoms with van der Waals surface area (Å²) >= 11 is 12.0. The molecule has 0 saturated carbocycles. The molecule has 3 rings (SSSR count). The highest BCUT2D eigenvalue weighted by atomic mass is 35.5. The van der Waals surface area contributed by atoms with E-state index in [-0.39, 0.29) is 24.3 Å². The second-order valence-electron chi connectivity index (χ2n) is 8.07. The van der Waals surface area contributed by atoms with E-state index in [4.69, 9.17) is 27.9 Å². The van der Waals surface area contributed by atoms with Crippen LogP contribution in [0.15, 0.2) is 27.8 Å². The molecule has 0 aliphatic rings. The Hall–Kier alpha value is -2.49. The monoisotopic (exact) mass is 483 g/mol. The minimum absolute atomic E-state index is 0.0269. The molecule has 0 saturated heterocycles. The molecule has 2 heterocycles. The molecule has 0 fully saturated rings. The molecule has 0 radical (unpaired) electrons. The van der Waals surface area contributed by atoms with Crippen LogP contribution >= 0.6 is 23.2 Å². The average molecular weight is 484 g/mol.